The number of hydrogen-bond donors (Lipinski definition) is 1. The molecule has 0 amide bonds. The van der Waals surface area contributed by atoms with E-state index in [4.69, 9.17) is 0 Å². The zero-order valence-corrected chi connectivity index (χ0v) is 15.2. The lowest BCUT2D eigenvalue weighted by Gasteiger charge is -2.34. The Morgan fingerprint density at radius 1 is 1.20 bits per heavy atom. The van der Waals surface area contributed by atoms with Crippen LogP contribution in [0.1, 0.15) is 0 Å². The fourth-order valence-electron chi connectivity index (χ4n) is 2.78. The number of hydrogen-bond acceptors (Lipinski definition) is 7. The first-order chi connectivity index (χ1) is 12.1. The zero-order chi connectivity index (χ0) is 17.6. The molecule has 0 bridgehead atoms. The molecule has 0 atom stereocenters. The second-order valence-electron chi connectivity index (χ2n) is 5.72. The van der Waals surface area contributed by atoms with Crippen molar-refractivity contribution in [1.82, 2.24) is 14.9 Å². The lowest BCUT2D eigenvalue weighted by molar-refractivity contribution is -0.384. The molecule has 0 radical (unpaired) electrons. The molecule has 25 heavy (non-hydrogen) atoms. The second-order valence-corrected chi connectivity index (χ2v) is 6.64. The maximum Gasteiger partial charge on any atom is 0.293 e. The van der Waals surface area contributed by atoms with Gasteiger partial charge in [-0.05, 0) is 18.2 Å². The van der Waals surface area contributed by atoms with Crippen LogP contribution in [0.4, 0.5) is 17.3 Å². The Labute approximate surface area is 154 Å². The Balaban J connectivity index is 1.47. The van der Waals surface area contributed by atoms with Crippen LogP contribution < -0.4 is 10.2 Å². The summed E-state index contributed by atoms with van der Waals surface area (Å²) < 4.78 is 0.698. The Morgan fingerprint density at radius 2 is 1.92 bits per heavy atom. The largest absolute Gasteiger partial charge is 0.378 e. The zero-order valence-electron chi connectivity index (χ0n) is 13.6. The van der Waals surface area contributed by atoms with Crippen LogP contribution in [0, 0.1) is 10.1 Å². The number of halogens is 1. The molecule has 0 unspecified atom stereocenters. The maximum absolute atomic E-state index is 11.1. The van der Waals surface area contributed by atoms with Crippen molar-refractivity contribution >= 4 is 33.3 Å². The predicted octanol–water partition coefficient (Wildman–Crippen LogP) is 2.38. The minimum atomic E-state index is -0.369. The summed E-state index contributed by atoms with van der Waals surface area (Å²) in [4.78, 5) is 23.8. The first kappa shape index (κ1) is 17.6. The van der Waals surface area contributed by atoms with Gasteiger partial charge < -0.3 is 10.2 Å². The molecule has 0 spiro atoms. The summed E-state index contributed by atoms with van der Waals surface area (Å²) in [5, 5.41) is 14.3. The van der Waals surface area contributed by atoms with E-state index in [2.05, 4.69) is 41.0 Å². The van der Waals surface area contributed by atoms with Gasteiger partial charge in [0.1, 0.15) is 5.69 Å². The third kappa shape index (κ3) is 4.64. The van der Waals surface area contributed by atoms with Crippen molar-refractivity contribution in [2.75, 3.05) is 49.5 Å². The van der Waals surface area contributed by atoms with Gasteiger partial charge in [0.2, 0.25) is 5.95 Å². The molecule has 1 aromatic carbocycles. The van der Waals surface area contributed by atoms with Gasteiger partial charge in [-0.15, -0.1) is 0 Å². The summed E-state index contributed by atoms with van der Waals surface area (Å²) in [6.45, 7) is 5.08. The summed E-state index contributed by atoms with van der Waals surface area (Å²) in [6, 6.07) is 6.86. The molecule has 2 aromatic rings. The van der Waals surface area contributed by atoms with Crippen molar-refractivity contribution < 1.29 is 4.92 Å². The van der Waals surface area contributed by atoms with Gasteiger partial charge in [-0.3, -0.25) is 15.0 Å². The smallest absolute Gasteiger partial charge is 0.293 e. The second kappa shape index (κ2) is 8.21. The van der Waals surface area contributed by atoms with Gasteiger partial charge in [0.25, 0.3) is 5.69 Å². The van der Waals surface area contributed by atoms with Crippen molar-refractivity contribution in [1.29, 1.82) is 0 Å². The van der Waals surface area contributed by atoms with E-state index in [1.807, 2.05) is 6.07 Å². The number of anilines is 2. The summed E-state index contributed by atoms with van der Waals surface area (Å²) >= 11 is 3.26. The molecule has 8 nitrogen and oxygen atoms in total. The van der Waals surface area contributed by atoms with Crippen LogP contribution >= 0.6 is 15.9 Å². The minimum Gasteiger partial charge on any atom is -0.378 e. The van der Waals surface area contributed by atoms with E-state index in [-0.39, 0.29) is 10.6 Å². The van der Waals surface area contributed by atoms with E-state index in [1.54, 1.807) is 24.5 Å². The first-order valence-electron chi connectivity index (χ1n) is 8.05. The van der Waals surface area contributed by atoms with Gasteiger partial charge in [0.15, 0.2) is 0 Å². The molecule has 132 valence electrons. The molecular weight excluding hydrogens is 388 g/mol. The Kier molecular flexibility index (Phi) is 5.77. The van der Waals surface area contributed by atoms with Crippen molar-refractivity contribution in [3.05, 3.63) is 51.2 Å². The van der Waals surface area contributed by atoms with Gasteiger partial charge in [0, 0.05) is 62.2 Å². The number of nitrogens with zero attached hydrogens (tertiary/aromatic N) is 5. The lowest BCUT2D eigenvalue weighted by Crippen LogP contribution is -2.48. The molecule has 1 aliphatic rings. The molecule has 3 rings (SSSR count). The van der Waals surface area contributed by atoms with Crippen molar-refractivity contribution in [2.45, 2.75) is 0 Å². The number of piperazine rings is 1. The van der Waals surface area contributed by atoms with Crippen LogP contribution in [0.5, 0.6) is 0 Å². The number of aromatic nitrogens is 2. The molecule has 1 N–H and O–H groups in total. The number of nitrogens with one attached hydrogen (secondary N) is 1. The normalized spacial score (nSPS) is 15.2. The lowest BCUT2D eigenvalue weighted by atomic mass is 10.2. The van der Waals surface area contributed by atoms with Gasteiger partial charge in [-0.25, -0.2) is 9.97 Å². The van der Waals surface area contributed by atoms with Gasteiger partial charge >= 0.3 is 0 Å². The van der Waals surface area contributed by atoms with Crippen LogP contribution in [0.2, 0.25) is 0 Å². The number of nitro benzene ring substituents is 1. The predicted molar refractivity (Wildman–Crippen MR) is 100.0 cm³/mol. The van der Waals surface area contributed by atoms with Crippen molar-refractivity contribution in [3.63, 3.8) is 0 Å². The average molecular weight is 407 g/mol. The van der Waals surface area contributed by atoms with E-state index in [9.17, 15) is 10.1 Å². The molecule has 9 heteroatoms. The molecule has 1 saturated heterocycles. The summed E-state index contributed by atoms with van der Waals surface area (Å²) in [5.74, 6) is 0.769. The van der Waals surface area contributed by atoms with Crippen LogP contribution in [-0.4, -0.2) is 59.1 Å². The van der Waals surface area contributed by atoms with Crippen LogP contribution in [0.25, 0.3) is 0 Å². The van der Waals surface area contributed by atoms with Crippen LogP contribution in [0.3, 0.4) is 0 Å². The molecule has 1 fully saturated rings. The summed E-state index contributed by atoms with van der Waals surface area (Å²) in [5.41, 5.74) is 0.630. The van der Waals surface area contributed by atoms with Crippen molar-refractivity contribution in [2.24, 2.45) is 0 Å². The van der Waals surface area contributed by atoms with E-state index >= 15 is 0 Å². The number of benzene rings is 1. The highest BCUT2D eigenvalue weighted by molar-refractivity contribution is 9.10. The third-order valence-electron chi connectivity index (χ3n) is 4.11. The molecular formula is C16H19BrN6O2. The molecule has 0 saturated carbocycles. The maximum atomic E-state index is 11.1. The Hall–Kier alpha value is -2.26. The molecule has 0 aliphatic carbocycles. The highest BCUT2D eigenvalue weighted by atomic mass is 79.9. The summed E-state index contributed by atoms with van der Waals surface area (Å²) in [7, 11) is 0. The van der Waals surface area contributed by atoms with Gasteiger partial charge in [-0.2, -0.15) is 0 Å². The van der Waals surface area contributed by atoms with Gasteiger partial charge in [0.05, 0.1) is 4.92 Å². The van der Waals surface area contributed by atoms with E-state index in [0.717, 1.165) is 38.7 Å². The van der Waals surface area contributed by atoms with Gasteiger partial charge in [-0.1, -0.05) is 15.9 Å². The first-order valence-corrected chi connectivity index (χ1v) is 8.85. The number of nitro groups is 1. The van der Waals surface area contributed by atoms with Crippen molar-refractivity contribution in [3.8, 4) is 0 Å². The average Bonchev–Trinajstić information content (AvgIpc) is 2.64. The highest BCUT2D eigenvalue weighted by Gasteiger charge is 2.19. The topological polar surface area (TPSA) is 87.4 Å². The van der Waals surface area contributed by atoms with E-state index in [1.165, 1.54) is 6.07 Å². The SMILES string of the molecule is O=[N+]([O-])c1cc(Br)ccc1NCCN1CCN(c2ncccn2)CC1. The number of rotatable bonds is 6. The highest BCUT2D eigenvalue weighted by Crippen LogP contribution is 2.27. The van der Waals surface area contributed by atoms with E-state index in [0.29, 0.717) is 16.7 Å². The molecule has 2 heterocycles. The standard InChI is InChI=1S/C16H19BrN6O2/c17-13-2-3-14(15(12-13)23(24)25)18-6-7-21-8-10-22(11-9-21)16-19-4-1-5-20-16/h1-5,12,18H,6-11H2. The Morgan fingerprint density at radius 3 is 2.60 bits per heavy atom. The van der Waals surface area contributed by atoms with E-state index < -0.39 is 0 Å². The quantitative estimate of drug-likeness (QED) is 0.581. The molecule has 1 aromatic heterocycles. The minimum absolute atomic E-state index is 0.0837. The Bertz CT molecular complexity index is 722. The summed E-state index contributed by atoms with van der Waals surface area (Å²) in [6.07, 6.45) is 3.51. The van der Waals surface area contributed by atoms with Crippen LogP contribution in [0.15, 0.2) is 41.1 Å². The third-order valence-corrected chi connectivity index (χ3v) is 4.60. The fraction of sp³-hybridized carbons (Fsp3) is 0.375. The molecule has 1 aliphatic heterocycles. The monoisotopic (exact) mass is 406 g/mol. The fourth-order valence-corrected chi connectivity index (χ4v) is 3.13. The van der Waals surface area contributed by atoms with Crippen LogP contribution in [-0.2, 0) is 0 Å².